The number of esters is 1. The number of alkyl halides is 2. The molecule has 0 bridgehead atoms. The first-order valence-corrected chi connectivity index (χ1v) is 6.65. The van der Waals surface area contributed by atoms with Crippen LogP contribution in [0.5, 0.6) is 0 Å². The van der Waals surface area contributed by atoms with Crippen LogP contribution < -0.4 is 4.90 Å². The average molecular weight is 313 g/mol. The number of nitrogens with zero attached hydrogens (tertiary/aromatic N) is 3. The molecule has 1 aliphatic heterocycles. The molecule has 1 saturated heterocycles. The highest BCUT2D eigenvalue weighted by atomic mass is 32.1. The summed E-state index contributed by atoms with van der Waals surface area (Å²) in [5.74, 6) is -0.501. The quantitative estimate of drug-likeness (QED) is 0.512. The van der Waals surface area contributed by atoms with Crippen molar-refractivity contribution in [1.82, 2.24) is 9.97 Å². The van der Waals surface area contributed by atoms with Crippen LogP contribution >= 0.6 is 12.6 Å². The monoisotopic (exact) mass is 313 g/mol. The van der Waals surface area contributed by atoms with Crippen molar-refractivity contribution in [2.45, 2.75) is 18.8 Å². The molecule has 0 unspecified atom stereocenters. The maximum Gasteiger partial charge on any atom is 0.356 e. The Morgan fingerprint density at radius 2 is 2.10 bits per heavy atom. The van der Waals surface area contributed by atoms with Crippen LogP contribution in [0.1, 0.15) is 29.0 Å². The highest BCUT2D eigenvalue weighted by Crippen LogP contribution is 2.29. The van der Waals surface area contributed by atoms with Crippen LogP contribution in [0.25, 0.3) is 0 Å². The second kappa shape index (κ2) is 6.26. The Labute approximate surface area is 126 Å². The number of ether oxygens (including phenoxy) is 1. The van der Waals surface area contributed by atoms with Crippen molar-refractivity contribution < 1.29 is 18.3 Å². The lowest BCUT2D eigenvalue weighted by Gasteiger charge is -2.31. The van der Waals surface area contributed by atoms with E-state index >= 15 is 0 Å². The van der Waals surface area contributed by atoms with Crippen LogP contribution in [-0.2, 0) is 4.74 Å². The van der Waals surface area contributed by atoms with E-state index in [1.54, 1.807) is 4.90 Å². The molecule has 2 heterocycles. The maximum absolute atomic E-state index is 13.2. The number of anilines is 1. The number of hydrogen-bond acceptors (Lipinski definition) is 6. The predicted octanol–water partition coefficient (Wildman–Crippen LogP) is 1.74. The molecule has 0 aromatic carbocycles. The van der Waals surface area contributed by atoms with Crippen LogP contribution in [0.2, 0.25) is 0 Å². The van der Waals surface area contributed by atoms with Crippen LogP contribution in [0.3, 0.4) is 0 Å². The lowest BCUT2D eigenvalue weighted by molar-refractivity contribution is -0.0222. The third-order valence-corrected chi connectivity index (χ3v) is 3.18. The van der Waals surface area contributed by atoms with Gasteiger partial charge in [0.05, 0.1) is 7.11 Å². The molecule has 0 atom stereocenters. The molecule has 0 radical (unpaired) electrons. The molecule has 1 fully saturated rings. The summed E-state index contributed by atoms with van der Waals surface area (Å²) in [5.41, 5.74) is 0.318. The molecule has 21 heavy (non-hydrogen) atoms. The fourth-order valence-corrected chi connectivity index (χ4v) is 2.05. The lowest BCUT2D eigenvalue weighted by atomic mass is 10.1. The third kappa shape index (κ3) is 3.82. The van der Waals surface area contributed by atoms with Crippen molar-refractivity contribution in [3.05, 3.63) is 17.5 Å². The van der Waals surface area contributed by atoms with Gasteiger partial charge in [0, 0.05) is 32.0 Å². The van der Waals surface area contributed by atoms with Gasteiger partial charge in [-0.25, -0.2) is 23.5 Å². The predicted molar refractivity (Wildman–Crippen MR) is 75.6 cm³/mol. The first kappa shape index (κ1) is 15.5. The van der Waals surface area contributed by atoms with Gasteiger partial charge >= 0.3 is 5.97 Å². The van der Waals surface area contributed by atoms with E-state index in [1.165, 1.54) is 13.2 Å². The van der Waals surface area contributed by atoms with Gasteiger partial charge in [-0.3, -0.25) is 0 Å². The van der Waals surface area contributed by atoms with Crippen molar-refractivity contribution in [3.8, 4) is 11.2 Å². The number of thiol groups is 1. The van der Waals surface area contributed by atoms with Crippen LogP contribution in [0, 0.1) is 11.2 Å². The van der Waals surface area contributed by atoms with Gasteiger partial charge < -0.3 is 9.64 Å². The molecular weight excluding hydrogens is 300 g/mol. The van der Waals surface area contributed by atoms with Crippen LogP contribution in [0.4, 0.5) is 14.7 Å². The number of aromatic nitrogens is 2. The van der Waals surface area contributed by atoms with Crippen molar-refractivity contribution in [1.29, 1.82) is 0 Å². The normalized spacial score (nSPS) is 16.9. The molecule has 0 N–H and O–H groups in total. The topological polar surface area (TPSA) is 55.3 Å². The zero-order valence-corrected chi connectivity index (χ0v) is 12.2. The smallest absolute Gasteiger partial charge is 0.356 e. The summed E-state index contributed by atoms with van der Waals surface area (Å²) in [6, 6.07) is 1.37. The molecule has 0 spiro atoms. The van der Waals surface area contributed by atoms with Crippen LogP contribution in [0.15, 0.2) is 6.07 Å². The lowest BCUT2D eigenvalue weighted by Crippen LogP contribution is -2.40. The zero-order valence-electron chi connectivity index (χ0n) is 11.3. The largest absolute Gasteiger partial charge is 0.464 e. The summed E-state index contributed by atoms with van der Waals surface area (Å²) < 4.78 is 31.0. The molecule has 0 amide bonds. The molecule has 1 aliphatic rings. The Hall–Kier alpha value is -1.88. The van der Waals surface area contributed by atoms with Gasteiger partial charge in [-0.1, -0.05) is 12.6 Å². The summed E-state index contributed by atoms with van der Waals surface area (Å²) in [7, 11) is 1.23. The Morgan fingerprint density at radius 1 is 1.43 bits per heavy atom. The fourth-order valence-electron chi connectivity index (χ4n) is 1.94. The van der Waals surface area contributed by atoms with Crippen molar-refractivity contribution in [2.75, 3.05) is 25.1 Å². The summed E-state index contributed by atoms with van der Waals surface area (Å²) in [4.78, 5) is 21.4. The van der Waals surface area contributed by atoms with Gasteiger partial charge in [-0.2, -0.15) is 0 Å². The van der Waals surface area contributed by atoms with Gasteiger partial charge in [0.15, 0.2) is 5.69 Å². The average Bonchev–Trinajstić information content (AvgIpc) is 2.46. The Morgan fingerprint density at radius 3 is 2.67 bits per heavy atom. The van der Waals surface area contributed by atoms with Gasteiger partial charge in [-0.05, 0) is 11.2 Å². The number of carbonyl (C=O) groups is 1. The highest BCUT2D eigenvalue weighted by Gasteiger charge is 2.35. The van der Waals surface area contributed by atoms with Gasteiger partial charge in [-0.15, -0.1) is 0 Å². The van der Waals surface area contributed by atoms with Gasteiger partial charge in [0.1, 0.15) is 5.69 Å². The number of carbonyl (C=O) groups excluding carboxylic acids is 1. The van der Waals surface area contributed by atoms with Crippen molar-refractivity contribution in [3.63, 3.8) is 0 Å². The summed E-state index contributed by atoms with van der Waals surface area (Å²) in [6.07, 6.45) is -0.543. The molecule has 5 nitrogen and oxygen atoms in total. The van der Waals surface area contributed by atoms with E-state index in [-0.39, 0.29) is 43.3 Å². The Kier molecular flexibility index (Phi) is 4.63. The standard InChI is InChI=1S/C13H13F2N3O2S/c1-20-11(19)10-8-9(2-7-21)16-12(17-10)18-5-3-13(14,15)4-6-18/h8,21H,3-6H2,1H3. The minimum atomic E-state index is -2.66. The molecule has 2 rings (SSSR count). The van der Waals surface area contributed by atoms with E-state index in [0.717, 1.165) is 0 Å². The number of rotatable bonds is 2. The minimum Gasteiger partial charge on any atom is -0.464 e. The number of halogens is 2. The first-order valence-electron chi connectivity index (χ1n) is 6.20. The van der Waals surface area contributed by atoms with E-state index in [9.17, 15) is 13.6 Å². The highest BCUT2D eigenvalue weighted by molar-refractivity contribution is 7.85. The molecule has 1 aromatic rings. The van der Waals surface area contributed by atoms with E-state index in [2.05, 4.69) is 38.5 Å². The SMILES string of the molecule is COC(=O)c1cc(C#CS)nc(N2CCC(F)(F)CC2)n1. The fraction of sp³-hybridized carbons (Fsp3) is 0.462. The molecule has 8 heteroatoms. The van der Waals surface area contributed by atoms with Crippen molar-refractivity contribution >= 4 is 24.5 Å². The van der Waals surface area contributed by atoms with Gasteiger partial charge in [0.2, 0.25) is 5.95 Å². The van der Waals surface area contributed by atoms with E-state index in [4.69, 9.17) is 0 Å². The first-order chi connectivity index (χ1) is 9.95. The van der Waals surface area contributed by atoms with Gasteiger partial charge in [0.25, 0.3) is 5.92 Å². The Balaban J connectivity index is 2.31. The second-order valence-corrected chi connectivity index (χ2v) is 4.73. The number of piperidine rings is 1. The third-order valence-electron chi connectivity index (χ3n) is 3.07. The summed E-state index contributed by atoms with van der Waals surface area (Å²) in [5, 5.41) is 2.37. The molecule has 0 aliphatic carbocycles. The number of methoxy groups -OCH3 is 1. The zero-order chi connectivity index (χ0) is 15.5. The molecule has 112 valence electrons. The molecular formula is C13H13F2N3O2S. The second-order valence-electron chi connectivity index (χ2n) is 4.51. The van der Waals surface area contributed by atoms with Crippen molar-refractivity contribution in [2.24, 2.45) is 0 Å². The van der Waals surface area contributed by atoms with E-state index in [1.807, 2.05) is 0 Å². The summed E-state index contributed by atoms with van der Waals surface area (Å²) in [6.45, 7) is 0.233. The molecule has 0 saturated carbocycles. The minimum absolute atomic E-state index is 0.0333. The Bertz CT molecular complexity index is 603. The van der Waals surface area contributed by atoms with Crippen LogP contribution in [-0.4, -0.2) is 42.1 Å². The maximum atomic E-state index is 13.2. The number of hydrogen-bond donors (Lipinski definition) is 1. The van der Waals surface area contributed by atoms with E-state index in [0.29, 0.717) is 0 Å². The molecule has 1 aromatic heterocycles. The summed E-state index contributed by atoms with van der Waals surface area (Å²) >= 11 is 3.77. The van der Waals surface area contributed by atoms with E-state index < -0.39 is 11.9 Å².